The number of tetrazole rings is 1. The van der Waals surface area contributed by atoms with Gasteiger partial charge in [0.2, 0.25) is 0 Å². The van der Waals surface area contributed by atoms with Gasteiger partial charge in [-0.25, -0.2) is 4.68 Å². The van der Waals surface area contributed by atoms with E-state index in [9.17, 15) is 0 Å². The van der Waals surface area contributed by atoms with Crippen LogP contribution in [-0.4, -0.2) is 25.6 Å². The average molecular weight is 161 g/mol. The Kier molecular flexibility index (Phi) is 2.21. The van der Waals surface area contributed by atoms with Crippen LogP contribution in [0.4, 0.5) is 0 Å². The lowest BCUT2D eigenvalue weighted by Gasteiger charge is -1.98. The van der Waals surface area contributed by atoms with Crippen molar-refractivity contribution < 1.29 is 0 Å². The lowest BCUT2D eigenvalue weighted by atomic mass is 10.3. The van der Waals surface area contributed by atoms with E-state index < -0.39 is 0 Å². The van der Waals surface area contributed by atoms with Crippen molar-refractivity contribution in [1.82, 2.24) is 20.2 Å². The Balaban J connectivity index is 2.65. The molecule has 0 aliphatic heterocycles. The Morgan fingerprint density at radius 1 is 1.70 bits per heavy atom. The molecule has 0 aliphatic carbocycles. The molecule has 1 atom stereocenters. The molecule has 56 valence electrons. The molecule has 1 heterocycles. The molecule has 1 rings (SSSR count). The molecule has 0 spiro atoms. The third kappa shape index (κ3) is 1.67. The van der Waals surface area contributed by atoms with Crippen LogP contribution in [0.2, 0.25) is 0 Å². The van der Waals surface area contributed by atoms with Crippen molar-refractivity contribution in [2.75, 3.05) is 0 Å². The molecule has 0 saturated heterocycles. The predicted octanol–water partition coefficient (Wildman–Crippen LogP) is 0.380. The minimum Gasteiger partial charge on any atom is -0.233 e. The molecule has 0 aromatic carbocycles. The Labute approximate surface area is 64.2 Å². The van der Waals surface area contributed by atoms with Gasteiger partial charge >= 0.3 is 0 Å². The molecule has 0 saturated carbocycles. The van der Waals surface area contributed by atoms with Crippen LogP contribution in [0.25, 0.3) is 0 Å². The van der Waals surface area contributed by atoms with E-state index in [0.29, 0.717) is 6.42 Å². The first-order chi connectivity index (χ1) is 4.70. The van der Waals surface area contributed by atoms with Crippen LogP contribution in [0.15, 0.2) is 0 Å². The van der Waals surface area contributed by atoms with Crippen LogP contribution >= 0.6 is 11.6 Å². The molecule has 1 unspecified atom stereocenters. The molecular weight excluding hydrogens is 152 g/mol. The standard InChI is InChI=1S/C5H9ClN4/c1-4(6)3-5-7-8-9-10(5)2/h4H,3H2,1-2H3. The third-order valence-corrected chi connectivity index (χ3v) is 1.33. The zero-order valence-electron chi connectivity index (χ0n) is 5.95. The summed E-state index contributed by atoms with van der Waals surface area (Å²) in [6.07, 6.45) is 0.713. The second-order valence-corrected chi connectivity index (χ2v) is 2.95. The van der Waals surface area contributed by atoms with Crippen LogP contribution in [-0.2, 0) is 13.5 Å². The van der Waals surface area contributed by atoms with Gasteiger partial charge < -0.3 is 0 Å². The number of aryl methyl sites for hydroxylation is 1. The smallest absolute Gasteiger partial charge is 0.152 e. The summed E-state index contributed by atoms with van der Waals surface area (Å²) >= 11 is 5.73. The molecule has 0 N–H and O–H groups in total. The van der Waals surface area contributed by atoms with Crippen molar-refractivity contribution in [3.63, 3.8) is 0 Å². The topological polar surface area (TPSA) is 43.6 Å². The van der Waals surface area contributed by atoms with Gasteiger partial charge in [-0.15, -0.1) is 16.7 Å². The van der Waals surface area contributed by atoms with E-state index >= 15 is 0 Å². The third-order valence-electron chi connectivity index (χ3n) is 1.17. The summed E-state index contributed by atoms with van der Waals surface area (Å²) in [4.78, 5) is 0. The molecule has 0 aliphatic rings. The van der Waals surface area contributed by atoms with Crippen LogP contribution in [0.1, 0.15) is 12.7 Å². The number of rotatable bonds is 2. The van der Waals surface area contributed by atoms with Gasteiger partial charge in [-0.05, 0) is 17.4 Å². The van der Waals surface area contributed by atoms with E-state index in [-0.39, 0.29) is 5.38 Å². The van der Waals surface area contributed by atoms with Crippen LogP contribution in [0.5, 0.6) is 0 Å². The van der Waals surface area contributed by atoms with Gasteiger partial charge in [0.15, 0.2) is 5.82 Å². The van der Waals surface area contributed by atoms with Crippen molar-refractivity contribution in [2.45, 2.75) is 18.7 Å². The molecule has 1 aromatic rings. The van der Waals surface area contributed by atoms with E-state index in [1.807, 2.05) is 6.92 Å². The van der Waals surface area contributed by atoms with Gasteiger partial charge in [-0.3, -0.25) is 0 Å². The summed E-state index contributed by atoms with van der Waals surface area (Å²) in [6.45, 7) is 1.91. The fraction of sp³-hybridized carbons (Fsp3) is 0.800. The van der Waals surface area contributed by atoms with E-state index in [0.717, 1.165) is 5.82 Å². The molecule has 0 fully saturated rings. The molecule has 10 heavy (non-hydrogen) atoms. The van der Waals surface area contributed by atoms with Gasteiger partial charge in [0, 0.05) is 18.8 Å². The normalized spacial score (nSPS) is 13.5. The van der Waals surface area contributed by atoms with Gasteiger partial charge in [0.1, 0.15) is 0 Å². The second-order valence-electron chi connectivity index (χ2n) is 2.20. The molecule has 0 radical (unpaired) electrons. The number of nitrogens with zero attached hydrogens (tertiary/aromatic N) is 4. The lowest BCUT2D eigenvalue weighted by molar-refractivity contribution is 0.670. The monoisotopic (exact) mass is 160 g/mol. The summed E-state index contributed by atoms with van der Waals surface area (Å²) < 4.78 is 1.62. The van der Waals surface area contributed by atoms with Gasteiger partial charge in [0.25, 0.3) is 0 Å². The fourth-order valence-corrected chi connectivity index (χ4v) is 0.810. The zero-order valence-corrected chi connectivity index (χ0v) is 6.71. The molecule has 5 heteroatoms. The van der Waals surface area contributed by atoms with Crippen molar-refractivity contribution in [3.8, 4) is 0 Å². The highest BCUT2D eigenvalue weighted by molar-refractivity contribution is 6.20. The van der Waals surface area contributed by atoms with Gasteiger partial charge in [-0.1, -0.05) is 0 Å². The Morgan fingerprint density at radius 3 is 2.80 bits per heavy atom. The second kappa shape index (κ2) is 2.96. The summed E-state index contributed by atoms with van der Waals surface area (Å²) in [5.74, 6) is 0.822. The largest absolute Gasteiger partial charge is 0.233 e. The number of hydrogen-bond donors (Lipinski definition) is 0. The van der Waals surface area contributed by atoms with Crippen molar-refractivity contribution in [1.29, 1.82) is 0 Å². The number of halogens is 1. The van der Waals surface area contributed by atoms with Gasteiger partial charge in [0.05, 0.1) is 0 Å². The van der Waals surface area contributed by atoms with Crippen LogP contribution < -0.4 is 0 Å². The minimum absolute atomic E-state index is 0.0877. The predicted molar refractivity (Wildman–Crippen MR) is 37.8 cm³/mol. The fourth-order valence-electron chi connectivity index (χ4n) is 0.672. The molecule has 4 nitrogen and oxygen atoms in total. The number of hydrogen-bond acceptors (Lipinski definition) is 3. The Morgan fingerprint density at radius 2 is 2.40 bits per heavy atom. The van der Waals surface area contributed by atoms with Crippen molar-refractivity contribution >= 4 is 11.6 Å². The number of alkyl halides is 1. The first-order valence-corrected chi connectivity index (χ1v) is 3.49. The molecule has 0 bridgehead atoms. The van der Waals surface area contributed by atoms with Crippen LogP contribution in [0.3, 0.4) is 0 Å². The zero-order chi connectivity index (χ0) is 7.56. The highest BCUT2D eigenvalue weighted by Gasteiger charge is 2.04. The highest BCUT2D eigenvalue weighted by atomic mass is 35.5. The molecule has 0 amide bonds. The Hall–Kier alpha value is -0.640. The lowest BCUT2D eigenvalue weighted by Crippen LogP contribution is -2.05. The molecular formula is C5H9ClN4. The van der Waals surface area contributed by atoms with Crippen molar-refractivity contribution in [3.05, 3.63) is 5.82 Å². The first-order valence-electron chi connectivity index (χ1n) is 3.05. The highest BCUT2D eigenvalue weighted by Crippen LogP contribution is 2.01. The minimum atomic E-state index is 0.0877. The van der Waals surface area contributed by atoms with E-state index in [2.05, 4.69) is 15.5 Å². The average Bonchev–Trinajstić information content (AvgIpc) is 2.15. The van der Waals surface area contributed by atoms with E-state index in [1.165, 1.54) is 0 Å². The molecule has 1 aromatic heterocycles. The van der Waals surface area contributed by atoms with Gasteiger partial charge in [-0.2, -0.15) is 0 Å². The summed E-state index contributed by atoms with van der Waals surface area (Å²) in [5.41, 5.74) is 0. The van der Waals surface area contributed by atoms with E-state index in [1.54, 1.807) is 11.7 Å². The quantitative estimate of drug-likeness (QED) is 0.588. The van der Waals surface area contributed by atoms with E-state index in [4.69, 9.17) is 11.6 Å². The SMILES string of the molecule is CC(Cl)Cc1nnnn1C. The maximum atomic E-state index is 5.73. The van der Waals surface area contributed by atoms with Crippen LogP contribution in [0, 0.1) is 0 Å². The maximum Gasteiger partial charge on any atom is 0.152 e. The van der Waals surface area contributed by atoms with Crippen molar-refractivity contribution in [2.24, 2.45) is 7.05 Å². The summed E-state index contributed by atoms with van der Waals surface area (Å²) in [7, 11) is 1.80. The summed E-state index contributed by atoms with van der Waals surface area (Å²) in [6, 6.07) is 0. The maximum absolute atomic E-state index is 5.73. The summed E-state index contributed by atoms with van der Waals surface area (Å²) in [5, 5.41) is 11.0. The first kappa shape index (κ1) is 7.47. The Bertz CT molecular complexity index is 207. The number of aromatic nitrogens is 4.